The maximum atomic E-state index is 12.6. The highest BCUT2D eigenvalue weighted by atomic mass is 32.2. The van der Waals surface area contributed by atoms with Crippen LogP contribution in [0, 0.1) is 0 Å². The predicted molar refractivity (Wildman–Crippen MR) is 97.4 cm³/mol. The van der Waals surface area contributed by atoms with Gasteiger partial charge >= 0.3 is 5.51 Å². The molecule has 2 aromatic carbocycles. The third-order valence-corrected chi connectivity index (χ3v) is 4.59. The van der Waals surface area contributed by atoms with E-state index >= 15 is 0 Å². The fraction of sp³-hybridized carbons (Fsp3) is 0.158. The summed E-state index contributed by atoms with van der Waals surface area (Å²) in [6, 6.07) is 15.7. The quantitative estimate of drug-likeness (QED) is 0.635. The minimum atomic E-state index is -4.55. The molecule has 1 amide bonds. The van der Waals surface area contributed by atoms with E-state index in [-0.39, 0.29) is 12.1 Å². The average Bonchev–Trinajstić information content (AvgIpc) is 2.64. The highest BCUT2D eigenvalue weighted by Gasteiger charge is 2.32. The Morgan fingerprint density at radius 3 is 2.59 bits per heavy atom. The highest BCUT2D eigenvalue weighted by Crippen LogP contribution is 2.37. The van der Waals surface area contributed by atoms with E-state index in [4.69, 9.17) is 0 Å². The van der Waals surface area contributed by atoms with Crippen molar-refractivity contribution >= 4 is 28.4 Å². The van der Waals surface area contributed by atoms with Gasteiger partial charge in [0.1, 0.15) is 5.03 Å². The molecule has 0 aliphatic heterocycles. The third kappa shape index (κ3) is 4.99. The number of aromatic nitrogens is 1. The Kier molecular flexibility index (Phi) is 5.67. The van der Waals surface area contributed by atoms with Gasteiger partial charge in [0.25, 0.3) is 5.91 Å². The number of nitrogens with zero attached hydrogens (tertiary/aromatic N) is 1. The van der Waals surface area contributed by atoms with Gasteiger partial charge in [0, 0.05) is 24.5 Å². The van der Waals surface area contributed by atoms with E-state index in [1.165, 1.54) is 18.3 Å². The van der Waals surface area contributed by atoms with E-state index in [0.29, 0.717) is 5.56 Å². The van der Waals surface area contributed by atoms with Crippen LogP contribution < -0.4 is 5.32 Å². The molecule has 1 atom stereocenters. The molecule has 0 aliphatic rings. The minimum absolute atomic E-state index is 0.137. The van der Waals surface area contributed by atoms with E-state index in [9.17, 15) is 23.1 Å². The molecule has 0 spiro atoms. The van der Waals surface area contributed by atoms with Crippen molar-refractivity contribution in [1.29, 1.82) is 0 Å². The van der Waals surface area contributed by atoms with E-state index in [1.54, 1.807) is 12.1 Å². The van der Waals surface area contributed by atoms with Crippen LogP contribution in [0.3, 0.4) is 0 Å². The Hall–Kier alpha value is -2.58. The van der Waals surface area contributed by atoms with E-state index in [1.807, 2.05) is 30.3 Å². The van der Waals surface area contributed by atoms with Crippen LogP contribution in [0.15, 0.2) is 65.8 Å². The molecule has 4 nitrogen and oxygen atoms in total. The minimum Gasteiger partial charge on any atom is -0.387 e. The van der Waals surface area contributed by atoms with Gasteiger partial charge in [-0.05, 0) is 34.5 Å². The molecule has 1 heterocycles. The number of amides is 1. The number of halogens is 3. The van der Waals surface area contributed by atoms with Crippen molar-refractivity contribution in [2.45, 2.75) is 16.6 Å². The van der Waals surface area contributed by atoms with Crippen molar-refractivity contribution in [1.82, 2.24) is 10.3 Å². The van der Waals surface area contributed by atoms with E-state index < -0.39 is 34.3 Å². The van der Waals surface area contributed by atoms with Gasteiger partial charge in [0.05, 0.1) is 11.7 Å². The molecule has 1 unspecified atom stereocenters. The molecule has 0 fully saturated rings. The Bertz CT molecular complexity index is 963. The van der Waals surface area contributed by atoms with Crippen molar-refractivity contribution < 1.29 is 23.1 Å². The number of pyridine rings is 1. The highest BCUT2D eigenvalue weighted by molar-refractivity contribution is 8.00. The summed E-state index contributed by atoms with van der Waals surface area (Å²) in [5.41, 5.74) is -4.14. The number of benzene rings is 2. The van der Waals surface area contributed by atoms with Gasteiger partial charge in [0.2, 0.25) is 0 Å². The van der Waals surface area contributed by atoms with Gasteiger partial charge in [0.15, 0.2) is 0 Å². The number of aliphatic hydroxyl groups is 1. The fourth-order valence-electron chi connectivity index (χ4n) is 2.57. The maximum Gasteiger partial charge on any atom is 0.447 e. The largest absolute Gasteiger partial charge is 0.447 e. The van der Waals surface area contributed by atoms with Gasteiger partial charge in [-0.2, -0.15) is 13.2 Å². The Morgan fingerprint density at radius 1 is 1.11 bits per heavy atom. The number of hydrogen-bond donors (Lipinski definition) is 2. The van der Waals surface area contributed by atoms with Crippen molar-refractivity contribution in [2.75, 3.05) is 6.54 Å². The number of nitrogens with one attached hydrogen (secondary N) is 1. The van der Waals surface area contributed by atoms with Gasteiger partial charge < -0.3 is 10.4 Å². The fourth-order valence-corrected chi connectivity index (χ4v) is 3.18. The van der Waals surface area contributed by atoms with Crippen LogP contribution in [0.1, 0.15) is 22.0 Å². The number of carbonyl (C=O) groups is 1. The molecule has 1 aromatic heterocycles. The van der Waals surface area contributed by atoms with Crippen LogP contribution in [0.25, 0.3) is 10.8 Å². The van der Waals surface area contributed by atoms with E-state index in [2.05, 4.69) is 10.3 Å². The predicted octanol–water partition coefficient (Wildman–Crippen LogP) is 4.31. The number of fused-ring (bicyclic) bond motifs is 1. The first kappa shape index (κ1) is 19.2. The smallest absolute Gasteiger partial charge is 0.387 e. The molecule has 3 rings (SSSR count). The summed E-state index contributed by atoms with van der Waals surface area (Å²) in [6.07, 6.45) is 0.198. The zero-order valence-electron chi connectivity index (χ0n) is 13.9. The number of hydrogen-bond acceptors (Lipinski definition) is 4. The summed E-state index contributed by atoms with van der Waals surface area (Å²) in [6.45, 7) is -0.137. The lowest BCUT2D eigenvalue weighted by molar-refractivity contribution is -0.0329. The van der Waals surface area contributed by atoms with Crippen molar-refractivity contribution in [3.8, 4) is 0 Å². The maximum absolute atomic E-state index is 12.6. The molecule has 27 heavy (non-hydrogen) atoms. The first-order valence-corrected chi connectivity index (χ1v) is 8.81. The topological polar surface area (TPSA) is 62.2 Å². The SMILES string of the molecule is O=C(NCC(O)c1ccc2ccccc2c1)c1cccnc1SC(F)(F)F. The van der Waals surface area contributed by atoms with Gasteiger partial charge in [-0.3, -0.25) is 4.79 Å². The van der Waals surface area contributed by atoms with Crippen LogP contribution in [-0.4, -0.2) is 28.1 Å². The molecule has 0 radical (unpaired) electrons. The molecule has 8 heteroatoms. The lowest BCUT2D eigenvalue weighted by Crippen LogP contribution is -2.29. The summed E-state index contributed by atoms with van der Waals surface area (Å²) in [4.78, 5) is 15.9. The van der Waals surface area contributed by atoms with Crippen molar-refractivity contribution in [3.05, 3.63) is 71.9 Å². The molecule has 0 bridgehead atoms. The van der Waals surface area contributed by atoms with Gasteiger partial charge in [-0.15, -0.1) is 0 Å². The number of alkyl halides is 3. The average molecular weight is 392 g/mol. The summed E-state index contributed by atoms with van der Waals surface area (Å²) in [5.74, 6) is -0.727. The van der Waals surface area contributed by atoms with E-state index in [0.717, 1.165) is 10.8 Å². The molecule has 2 N–H and O–H groups in total. The summed E-state index contributed by atoms with van der Waals surface area (Å²) in [7, 11) is 0. The Labute approximate surface area is 157 Å². The first-order valence-electron chi connectivity index (χ1n) is 7.99. The Balaban J connectivity index is 1.70. The van der Waals surface area contributed by atoms with Crippen molar-refractivity contribution in [2.24, 2.45) is 0 Å². The van der Waals surface area contributed by atoms with Crippen LogP contribution in [0.5, 0.6) is 0 Å². The first-order chi connectivity index (χ1) is 12.8. The molecular formula is C19H15F3N2O2S. The summed E-state index contributed by atoms with van der Waals surface area (Å²) < 4.78 is 37.8. The second-order valence-electron chi connectivity index (χ2n) is 5.74. The summed E-state index contributed by atoms with van der Waals surface area (Å²) >= 11 is -0.447. The molecule has 0 saturated carbocycles. The normalized spacial score (nSPS) is 12.7. The van der Waals surface area contributed by atoms with Gasteiger partial charge in [-0.1, -0.05) is 36.4 Å². The molecule has 3 aromatic rings. The van der Waals surface area contributed by atoms with Crippen LogP contribution in [0.4, 0.5) is 13.2 Å². The monoisotopic (exact) mass is 392 g/mol. The standard InChI is InChI=1S/C19H15F3N2O2S/c20-19(21,22)27-18-15(6-3-9-23-18)17(26)24-11-16(25)14-8-7-12-4-1-2-5-13(12)10-14/h1-10,16,25H,11H2,(H,24,26). The molecule has 0 saturated heterocycles. The second-order valence-corrected chi connectivity index (χ2v) is 6.79. The van der Waals surface area contributed by atoms with Crippen molar-refractivity contribution in [3.63, 3.8) is 0 Å². The number of rotatable bonds is 5. The molecular weight excluding hydrogens is 377 g/mol. The van der Waals surface area contributed by atoms with Crippen LogP contribution in [-0.2, 0) is 0 Å². The zero-order valence-corrected chi connectivity index (χ0v) is 14.7. The number of thioether (sulfide) groups is 1. The lowest BCUT2D eigenvalue weighted by Gasteiger charge is -2.14. The number of carbonyl (C=O) groups excluding carboxylic acids is 1. The number of aliphatic hydroxyl groups excluding tert-OH is 1. The molecule has 0 aliphatic carbocycles. The lowest BCUT2D eigenvalue weighted by atomic mass is 10.0. The zero-order chi connectivity index (χ0) is 19.4. The Morgan fingerprint density at radius 2 is 1.85 bits per heavy atom. The van der Waals surface area contributed by atoms with Crippen LogP contribution in [0.2, 0.25) is 0 Å². The summed E-state index contributed by atoms with van der Waals surface area (Å²) in [5, 5.41) is 14.3. The molecule has 140 valence electrons. The van der Waals surface area contributed by atoms with Crippen LogP contribution >= 0.6 is 11.8 Å². The van der Waals surface area contributed by atoms with Gasteiger partial charge in [-0.25, -0.2) is 4.98 Å². The third-order valence-electron chi connectivity index (χ3n) is 3.84. The second kappa shape index (κ2) is 7.98.